The van der Waals surface area contributed by atoms with Crippen LogP contribution in [0.25, 0.3) is 0 Å². The third-order valence-corrected chi connectivity index (χ3v) is 3.13. The largest absolute Gasteiger partial charge is 0.376 e. The fraction of sp³-hybridized carbons (Fsp3) is 0.538. The molecule has 1 aliphatic heterocycles. The quantitative estimate of drug-likeness (QED) is 0.779. The zero-order chi connectivity index (χ0) is 12.3. The van der Waals surface area contributed by atoms with Crippen molar-refractivity contribution in [2.24, 2.45) is 0 Å². The highest BCUT2D eigenvalue weighted by atomic mass is 35.5. The molecular formula is C13H17ClO3. The van der Waals surface area contributed by atoms with Gasteiger partial charge in [-0.1, -0.05) is 30.3 Å². The van der Waals surface area contributed by atoms with Crippen molar-refractivity contribution in [3.8, 4) is 0 Å². The van der Waals surface area contributed by atoms with Crippen molar-refractivity contribution in [1.82, 2.24) is 0 Å². The number of halogens is 1. The van der Waals surface area contributed by atoms with Crippen molar-refractivity contribution < 1.29 is 14.2 Å². The Bertz CT molecular complexity index is 342. The number of hydrogen-bond donors (Lipinski definition) is 0. The molecule has 0 aliphatic carbocycles. The first-order valence-electron chi connectivity index (χ1n) is 5.71. The zero-order valence-corrected chi connectivity index (χ0v) is 10.8. The van der Waals surface area contributed by atoms with Crippen LogP contribution in [0.3, 0.4) is 0 Å². The van der Waals surface area contributed by atoms with Crippen LogP contribution in [0.15, 0.2) is 30.3 Å². The van der Waals surface area contributed by atoms with E-state index in [1.165, 1.54) is 0 Å². The molecule has 0 saturated carbocycles. The van der Waals surface area contributed by atoms with Crippen molar-refractivity contribution in [2.45, 2.75) is 30.8 Å². The summed E-state index contributed by atoms with van der Waals surface area (Å²) >= 11 is 6.12. The molecule has 1 saturated heterocycles. The summed E-state index contributed by atoms with van der Waals surface area (Å²) in [6.07, 6.45) is -0.614. The summed E-state index contributed by atoms with van der Waals surface area (Å²) in [5.74, 6) is 0. The molecule has 0 amide bonds. The molecule has 0 radical (unpaired) electrons. The minimum absolute atomic E-state index is 0.109. The van der Waals surface area contributed by atoms with E-state index < -0.39 is 0 Å². The van der Waals surface area contributed by atoms with Crippen LogP contribution in [-0.2, 0) is 14.2 Å². The van der Waals surface area contributed by atoms with Gasteiger partial charge in [0.1, 0.15) is 12.2 Å². The van der Waals surface area contributed by atoms with Gasteiger partial charge in [-0.15, -0.1) is 11.6 Å². The molecule has 1 heterocycles. The average Bonchev–Trinajstić information content (AvgIpc) is 2.39. The monoisotopic (exact) mass is 256 g/mol. The van der Waals surface area contributed by atoms with E-state index in [-0.39, 0.29) is 23.9 Å². The molecule has 3 nitrogen and oxygen atoms in total. The lowest BCUT2D eigenvalue weighted by Gasteiger charge is -2.37. The van der Waals surface area contributed by atoms with Crippen LogP contribution in [0.4, 0.5) is 0 Å². The lowest BCUT2D eigenvalue weighted by Crippen LogP contribution is -2.45. The van der Waals surface area contributed by atoms with Crippen LogP contribution in [0.2, 0.25) is 0 Å². The summed E-state index contributed by atoms with van der Waals surface area (Å²) in [5.41, 5.74) is 1.00. The van der Waals surface area contributed by atoms with E-state index in [1.54, 1.807) is 7.11 Å². The summed E-state index contributed by atoms with van der Waals surface area (Å²) in [7, 11) is 1.65. The molecule has 3 unspecified atom stereocenters. The van der Waals surface area contributed by atoms with Crippen LogP contribution in [0.1, 0.15) is 18.8 Å². The minimum Gasteiger partial charge on any atom is -0.376 e. The number of methoxy groups -OCH3 is 1. The molecule has 94 valence electrons. The summed E-state index contributed by atoms with van der Waals surface area (Å²) in [6, 6.07) is 9.85. The maximum absolute atomic E-state index is 6.12. The lowest BCUT2D eigenvalue weighted by molar-refractivity contribution is -0.260. The fourth-order valence-electron chi connectivity index (χ4n) is 1.94. The van der Waals surface area contributed by atoms with Gasteiger partial charge in [0, 0.05) is 12.7 Å². The molecule has 0 N–H and O–H groups in total. The molecule has 0 bridgehead atoms. The average molecular weight is 257 g/mol. The van der Waals surface area contributed by atoms with Crippen molar-refractivity contribution in [2.75, 3.05) is 13.7 Å². The maximum Gasteiger partial charge on any atom is 0.184 e. The van der Waals surface area contributed by atoms with Gasteiger partial charge in [-0.3, -0.25) is 0 Å². The van der Waals surface area contributed by atoms with E-state index in [0.717, 1.165) is 5.56 Å². The first kappa shape index (κ1) is 12.8. The second-order valence-corrected chi connectivity index (χ2v) is 4.82. The number of rotatable bonds is 3. The Morgan fingerprint density at radius 1 is 1.35 bits per heavy atom. The van der Waals surface area contributed by atoms with E-state index in [4.69, 9.17) is 25.8 Å². The maximum atomic E-state index is 6.12. The van der Waals surface area contributed by atoms with Crippen molar-refractivity contribution in [3.63, 3.8) is 0 Å². The van der Waals surface area contributed by atoms with E-state index in [9.17, 15) is 0 Å². The van der Waals surface area contributed by atoms with E-state index in [2.05, 4.69) is 0 Å². The number of benzene rings is 1. The van der Waals surface area contributed by atoms with Gasteiger partial charge in [-0.25, -0.2) is 0 Å². The van der Waals surface area contributed by atoms with Gasteiger partial charge >= 0.3 is 0 Å². The second-order valence-electron chi connectivity index (χ2n) is 4.13. The molecule has 0 spiro atoms. The molecule has 1 aromatic carbocycles. The number of ether oxygens (including phenoxy) is 3. The van der Waals surface area contributed by atoms with Crippen LogP contribution < -0.4 is 0 Å². The van der Waals surface area contributed by atoms with Gasteiger partial charge in [-0.2, -0.15) is 0 Å². The lowest BCUT2D eigenvalue weighted by atomic mass is 10.1. The Balaban J connectivity index is 2.09. The zero-order valence-electron chi connectivity index (χ0n) is 10.0. The SMILES string of the molecule is COC1COC(c2ccccc2)OC1[C@H](C)Cl. The Morgan fingerprint density at radius 3 is 2.65 bits per heavy atom. The Kier molecular flexibility index (Phi) is 4.40. The molecule has 4 heteroatoms. The van der Waals surface area contributed by atoms with Crippen LogP contribution in [0, 0.1) is 0 Å². The first-order chi connectivity index (χ1) is 8.22. The molecule has 1 aliphatic rings. The van der Waals surface area contributed by atoms with Crippen LogP contribution in [0.5, 0.6) is 0 Å². The topological polar surface area (TPSA) is 27.7 Å². The molecule has 0 aromatic heterocycles. The Morgan fingerprint density at radius 2 is 2.06 bits per heavy atom. The Hall–Kier alpha value is -0.610. The third-order valence-electron chi connectivity index (χ3n) is 2.89. The molecule has 1 aromatic rings. The van der Waals surface area contributed by atoms with Gasteiger partial charge in [0.15, 0.2) is 6.29 Å². The summed E-state index contributed by atoms with van der Waals surface area (Å²) < 4.78 is 16.8. The van der Waals surface area contributed by atoms with E-state index in [1.807, 2.05) is 37.3 Å². The van der Waals surface area contributed by atoms with Crippen molar-refractivity contribution in [1.29, 1.82) is 0 Å². The molecule has 4 atom stereocenters. The Labute approximate surface area is 107 Å². The molecule has 17 heavy (non-hydrogen) atoms. The molecule has 1 fully saturated rings. The predicted octanol–water partition coefficient (Wildman–Crippen LogP) is 2.74. The van der Waals surface area contributed by atoms with Crippen LogP contribution in [-0.4, -0.2) is 31.3 Å². The van der Waals surface area contributed by atoms with Crippen LogP contribution >= 0.6 is 11.6 Å². The van der Waals surface area contributed by atoms with Gasteiger partial charge in [0.2, 0.25) is 0 Å². The van der Waals surface area contributed by atoms with Crippen molar-refractivity contribution >= 4 is 11.6 Å². The van der Waals surface area contributed by atoms with Gasteiger partial charge in [-0.05, 0) is 6.92 Å². The smallest absolute Gasteiger partial charge is 0.184 e. The highest BCUT2D eigenvalue weighted by molar-refractivity contribution is 6.20. The molecular weight excluding hydrogens is 240 g/mol. The highest BCUT2D eigenvalue weighted by Crippen LogP contribution is 2.30. The highest BCUT2D eigenvalue weighted by Gasteiger charge is 2.35. The predicted molar refractivity (Wildman–Crippen MR) is 66.1 cm³/mol. The number of alkyl halides is 1. The number of hydrogen-bond acceptors (Lipinski definition) is 3. The molecule has 2 rings (SSSR count). The summed E-state index contributed by atoms with van der Waals surface area (Å²) in [6.45, 7) is 2.41. The first-order valence-corrected chi connectivity index (χ1v) is 6.15. The second kappa shape index (κ2) is 5.83. The standard InChI is InChI=1S/C13H17ClO3/c1-9(14)12-11(15-2)8-16-13(17-12)10-6-4-3-5-7-10/h3-7,9,11-13H,8H2,1-2H3/t9-,11?,12?,13?/m0/s1. The fourth-order valence-corrected chi connectivity index (χ4v) is 2.16. The van der Waals surface area contributed by atoms with Gasteiger partial charge in [0.25, 0.3) is 0 Å². The van der Waals surface area contributed by atoms with E-state index in [0.29, 0.717) is 6.61 Å². The van der Waals surface area contributed by atoms with E-state index >= 15 is 0 Å². The minimum atomic E-state index is -0.353. The van der Waals surface area contributed by atoms with Crippen molar-refractivity contribution in [3.05, 3.63) is 35.9 Å². The normalized spacial score (nSPS) is 31.1. The summed E-state index contributed by atoms with van der Waals surface area (Å²) in [4.78, 5) is 0. The third kappa shape index (κ3) is 2.99. The van der Waals surface area contributed by atoms with Gasteiger partial charge in [0.05, 0.1) is 12.0 Å². The van der Waals surface area contributed by atoms with Gasteiger partial charge < -0.3 is 14.2 Å². The summed E-state index contributed by atoms with van der Waals surface area (Å²) in [5, 5.41) is -0.116.